The standard InChI is InChI=1S/C40H34F4N8O3/c1-2-28-31(42)7-4-22-12-27(53)14-29(33(22)28)35-34(44)36-30(16-46-35)37(49-39(48-36)55-20-40-9-3-11-51(40)17-23(41)15-40)50-18-25-5-6-26(19-50)52(25)38(54)32(43)13-24-8-10-45-21-47-24/h1,4,7-8,10,12-14,16,21,23,25-26,53H,3,5-6,9,11,15,17-20H2/b32-13-/t23-,25-,26+,40+/m1/s1. The third-order valence-corrected chi connectivity index (χ3v) is 11.4. The number of ether oxygens (including phenoxy) is 1. The van der Waals surface area contributed by atoms with Gasteiger partial charge in [-0.15, -0.1) is 6.42 Å². The van der Waals surface area contributed by atoms with Crippen LogP contribution in [0.3, 0.4) is 0 Å². The molecule has 5 aromatic rings. The van der Waals surface area contributed by atoms with Gasteiger partial charge in [0.05, 0.1) is 34.3 Å². The number of amides is 1. The fourth-order valence-electron chi connectivity index (χ4n) is 9.02. The SMILES string of the molecule is C#Cc1c(F)ccc2cc(O)cc(-c3ncc4c(N5C[C@H]6CC[C@@H](C5)N6C(=O)/C(F)=C/c5ccncn5)nc(OC[C@@]56CCCN5C[C@H](F)C6)nc4c3F)c12. The lowest BCUT2D eigenvalue weighted by Gasteiger charge is -2.41. The van der Waals surface area contributed by atoms with Crippen LogP contribution >= 0.6 is 0 Å². The largest absolute Gasteiger partial charge is 0.508 e. The van der Waals surface area contributed by atoms with Crippen molar-refractivity contribution >= 4 is 39.5 Å². The molecule has 0 aliphatic carbocycles. The second kappa shape index (κ2) is 13.5. The zero-order chi connectivity index (χ0) is 38.0. The predicted molar refractivity (Wildman–Crippen MR) is 195 cm³/mol. The highest BCUT2D eigenvalue weighted by atomic mass is 19.1. The van der Waals surface area contributed by atoms with Crippen molar-refractivity contribution in [2.75, 3.05) is 37.7 Å². The van der Waals surface area contributed by atoms with Gasteiger partial charge in [0, 0.05) is 55.5 Å². The summed E-state index contributed by atoms with van der Waals surface area (Å²) in [6.45, 7) is 1.65. The van der Waals surface area contributed by atoms with E-state index in [1.54, 1.807) is 4.90 Å². The number of piperazine rings is 1. The van der Waals surface area contributed by atoms with Gasteiger partial charge in [-0.05, 0) is 61.9 Å². The van der Waals surface area contributed by atoms with E-state index in [9.17, 15) is 18.7 Å². The number of aromatic hydroxyl groups is 1. The van der Waals surface area contributed by atoms with Gasteiger partial charge in [0.1, 0.15) is 47.7 Å². The molecule has 280 valence electrons. The minimum absolute atomic E-state index is 0.0622. The first-order chi connectivity index (χ1) is 26.6. The molecule has 4 aliphatic rings. The summed E-state index contributed by atoms with van der Waals surface area (Å²) in [5.41, 5.74) is -0.711. The highest BCUT2D eigenvalue weighted by Gasteiger charge is 2.50. The molecular formula is C40H34F4N8O3. The number of pyridine rings is 1. The highest BCUT2D eigenvalue weighted by Crippen LogP contribution is 2.43. The van der Waals surface area contributed by atoms with E-state index in [4.69, 9.17) is 16.1 Å². The van der Waals surface area contributed by atoms with Gasteiger partial charge in [0.2, 0.25) is 0 Å². The molecule has 2 aromatic carbocycles. The van der Waals surface area contributed by atoms with Crippen molar-refractivity contribution in [2.24, 2.45) is 0 Å². The monoisotopic (exact) mass is 750 g/mol. The van der Waals surface area contributed by atoms with Crippen molar-refractivity contribution < 1.29 is 32.2 Å². The van der Waals surface area contributed by atoms with Gasteiger partial charge < -0.3 is 19.6 Å². The Kier molecular flexibility index (Phi) is 8.53. The van der Waals surface area contributed by atoms with Crippen LogP contribution in [0.5, 0.6) is 11.8 Å². The first-order valence-electron chi connectivity index (χ1n) is 18.1. The molecule has 0 unspecified atom stereocenters. The number of hydrogen-bond acceptors (Lipinski definition) is 10. The Balaban J connectivity index is 1.12. The first kappa shape index (κ1) is 34.9. The first-order valence-corrected chi connectivity index (χ1v) is 18.1. The fourth-order valence-corrected chi connectivity index (χ4v) is 9.02. The molecule has 4 aliphatic heterocycles. The molecule has 1 N–H and O–H groups in total. The molecule has 4 saturated heterocycles. The summed E-state index contributed by atoms with van der Waals surface area (Å²) in [6, 6.07) is 5.88. The number of benzene rings is 2. The average molecular weight is 751 g/mol. The molecule has 1 amide bonds. The van der Waals surface area contributed by atoms with E-state index < -0.39 is 35.1 Å². The minimum atomic E-state index is -0.993. The van der Waals surface area contributed by atoms with E-state index in [-0.39, 0.29) is 82.3 Å². The lowest BCUT2D eigenvalue weighted by molar-refractivity contribution is -0.131. The fraction of sp³-hybridized carbons (Fsp3) is 0.350. The molecule has 11 nitrogen and oxygen atoms in total. The molecule has 0 radical (unpaired) electrons. The quantitative estimate of drug-likeness (QED) is 0.125. The maximum absolute atomic E-state index is 17.1. The Hall–Kier alpha value is -5.88. The number of phenolic OH excluding ortho intramolecular Hbond substituents is 1. The van der Waals surface area contributed by atoms with Gasteiger partial charge in [-0.3, -0.25) is 14.7 Å². The molecule has 9 rings (SSSR count). The normalized spacial score (nSPS) is 23.8. The van der Waals surface area contributed by atoms with Crippen LogP contribution in [0.4, 0.5) is 23.4 Å². The van der Waals surface area contributed by atoms with Crippen LogP contribution in [0.1, 0.15) is 43.4 Å². The molecule has 15 heteroatoms. The smallest absolute Gasteiger partial charge is 0.319 e. The Morgan fingerprint density at radius 2 is 1.93 bits per heavy atom. The van der Waals surface area contributed by atoms with Crippen LogP contribution in [0.2, 0.25) is 0 Å². The Bertz CT molecular complexity index is 2430. The van der Waals surface area contributed by atoms with E-state index in [0.29, 0.717) is 37.0 Å². The van der Waals surface area contributed by atoms with Crippen molar-refractivity contribution in [1.29, 1.82) is 0 Å². The third kappa shape index (κ3) is 5.95. The van der Waals surface area contributed by atoms with Crippen molar-refractivity contribution in [3.05, 3.63) is 77.8 Å². The van der Waals surface area contributed by atoms with Gasteiger partial charge >= 0.3 is 6.01 Å². The predicted octanol–water partition coefficient (Wildman–Crippen LogP) is 5.75. The molecule has 7 heterocycles. The average Bonchev–Trinajstić information content (AvgIpc) is 3.80. The number of halogens is 4. The highest BCUT2D eigenvalue weighted by molar-refractivity contribution is 6.03. The van der Waals surface area contributed by atoms with Crippen molar-refractivity contribution in [3.63, 3.8) is 0 Å². The van der Waals surface area contributed by atoms with Crippen LogP contribution in [-0.2, 0) is 4.79 Å². The lowest BCUT2D eigenvalue weighted by Crippen LogP contribution is -2.56. The Labute approximate surface area is 312 Å². The molecule has 0 saturated carbocycles. The van der Waals surface area contributed by atoms with E-state index in [0.717, 1.165) is 25.5 Å². The molecule has 3 aromatic heterocycles. The Morgan fingerprint density at radius 1 is 1.11 bits per heavy atom. The van der Waals surface area contributed by atoms with Crippen molar-refractivity contribution in [2.45, 2.75) is 55.9 Å². The number of hydrogen-bond donors (Lipinski definition) is 1. The summed E-state index contributed by atoms with van der Waals surface area (Å²) in [6.07, 6.45) is 13.1. The van der Waals surface area contributed by atoms with Crippen LogP contribution in [0.15, 0.2) is 54.9 Å². The molecule has 55 heavy (non-hydrogen) atoms. The number of carbonyl (C=O) groups excluding carboxylic acids is 1. The maximum Gasteiger partial charge on any atom is 0.319 e. The minimum Gasteiger partial charge on any atom is -0.508 e. The number of nitrogens with zero attached hydrogens (tertiary/aromatic N) is 8. The molecule has 4 atom stereocenters. The third-order valence-electron chi connectivity index (χ3n) is 11.4. The topological polar surface area (TPSA) is 121 Å². The summed E-state index contributed by atoms with van der Waals surface area (Å²) >= 11 is 0. The molecule has 0 spiro atoms. The van der Waals surface area contributed by atoms with Gasteiger partial charge in [-0.2, -0.15) is 9.97 Å². The number of carbonyl (C=O) groups is 1. The number of anilines is 1. The van der Waals surface area contributed by atoms with Gasteiger partial charge in [0.15, 0.2) is 11.6 Å². The maximum atomic E-state index is 17.1. The summed E-state index contributed by atoms with van der Waals surface area (Å²) < 4.78 is 68.2. The van der Waals surface area contributed by atoms with Gasteiger partial charge in [-0.25, -0.2) is 27.5 Å². The Morgan fingerprint density at radius 3 is 2.69 bits per heavy atom. The molecule has 2 bridgehead atoms. The van der Waals surface area contributed by atoms with Gasteiger partial charge in [-0.1, -0.05) is 12.0 Å². The zero-order valence-electron chi connectivity index (χ0n) is 29.4. The molecule has 4 fully saturated rings. The second-order valence-corrected chi connectivity index (χ2v) is 14.7. The number of fused-ring (bicyclic) bond motifs is 5. The number of phenols is 1. The number of aromatic nitrogens is 5. The van der Waals surface area contributed by atoms with Crippen LogP contribution < -0.4 is 9.64 Å². The van der Waals surface area contributed by atoms with Gasteiger partial charge in [0.25, 0.3) is 5.91 Å². The van der Waals surface area contributed by atoms with E-state index in [2.05, 4.69) is 30.8 Å². The summed E-state index contributed by atoms with van der Waals surface area (Å²) in [7, 11) is 0. The number of alkyl halides is 1. The second-order valence-electron chi connectivity index (χ2n) is 14.7. The summed E-state index contributed by atoms with van der Waals surface area (Å²) in [4.78, 5) is 40.6. The van der Waals surface area contributed by atoms with E-state index >= 15 is 8.78 Å². The number of rotatable bonds is 7. The summed E-state index contributed by atoms with van der Waals surface area (Å²) in [5.74, 6) is -0.834. The lowest BCUT2D eigenvalue weighted by atomic mass is 9.95. The molecular weight excluding hydrogens is 716 g/mol. The van der Waals surface area contributed by atoms with Crippen LogP contribution in [0.25, 0.3) is 39.0 Å². The van der Waals surface area contributed by atoms with Crippen molar-refractivity contribution in [3.8, 4) is 35.4 Å². The number of terminal acetylenes is 1. The van der Waals surface area contributed by atoms with E-state index in [1.807, 2.05) is 4.90 Å². The summed E-state index contributed by atoms with van der Waals surface area (Å²) in [5, 5.41) is 11.4. The van der Waals surface area contributed by atoms with Crippen LogP contribution in [0, 0.1) is 24.0 Å². The van der Waals surface area contributed by atoms with Crippen LogP contribution in [-0.4, -0.2) is 102 Å². The zero-order valence-corrected chi connectivity index (χ0v) is 29.4. The van der Waals surface area contributed by atoms with Crippen molar-refractivity contribution in [1.82, 2.24) is 34.7 Å². The van der Waals surface area contributed by atoms with E-state index in [1.165, 1.54) is 49.1 Å².